The fourth-order valence-electron chi connectivity index (χ4n) is 1.25. The van der Waals surface area contributed by atoms with E-state index >= 15 is 0 Å². The van der Waals surface area contributed by atoms with Gasteiger partial charge in [0.25, 0.3) is 0 Å². The summed E-state index contributed by atoms with van der Waals surface area (Å²) < 4.78 is 10.4. The van der Waals surface area contributed by atoms with Crippen molar-refractivity contribution in [3.63, 3.8) is 0 Å². The second-order valence-corrected chi connectivity index (χ2v) is 5.26. The maximum Gasteiger partial charge on any atom is 0.320 e. The molecule has 0 radical (unpaired) electrons. The highest BCUT2D eigenvalue weighted by Gasteiger charge is 2.20. The zero-order chi connectivity index (χ0) is 12.0. The number of rotatable bonds is 7. The molecule has 0 aromatic rings. The Morgan fingerprint density at radius 3 is 2.56 bits per heavy atom. The summed E-state index contributed by atoms with van der Waals surface area (Å²) in [6.07, 6.45) is 2.59. The highest BCUT2D eigenvalue weighted by molar-refractivity contribution is 5.71. The summed E-state index contributed by atoms with van der Waals surface area (Å²) in [5.41, 5.74) is -0.170. The lowest BCUT2D eigenvalue weighted by molar-refractivity contribution is -0.145. The summed E-state index contributed by atoms with van der Waals surface area (Å²) in [4.78, 5) is 11.2. The lowest BCUT2D eigenvalue weighted by Crippen LogP contribution is -2.28. The van der Waals surface area contributed by atoms with Crippen molar-refractivity contribution in [3.05, 3.63) is 0 Å². The normalized spacial score (nSPS) is 16.2. The van der Waals surface area contributed by atoms with Crippen LogP contribution in [0, 0.1) is 5.92 Å². The smallest absolute Gasteiger partial charge is 0.320 e. The molecule has 0 saturated heterocycles. The van der Waals surface area contributed by atoms with Crippen LogP contribution in [0.4, 0.5) is 0 Å². The topological polar surface area (TPSA) is 47.6 Å². The molecule has 0 bridgehead atoms. The summed E-state index contributed by atoms with van der Waals surface area (Å²) in [5.74, 6) is 0.593. The summed E-state index contributed by atoms with van der Waals surface area (Å²) in [6, 6.07) is 0. The van der Waals surface area contributed by atoms with E-state index in [-0.39, 0.29) is 11.6 Å². The Balaban J connectivity index is 1.89. The van der Waals surface area contributed by atoms with Crippen molar-refractivity contribution in [2.75, 3.05) is 26.3 Å². The third-order valence-corrected chi connectivity index (χ3v) is 2.28. The van der Waals surface area contributed by atoms with Crippen molar-refractivity contribution in [1.82, 2.24) is 5.32 Å². The monoisotopic (exact) mass is 229 g/mol. The number of carbonyl (C=O) groups is 1. The molecule has 4 heteroatoms. The molecule has 1 fully saturated rings. The van der Waals surface area contributed by atoms with Crippen molar-refractivity contribution in [1.29, 1.82) is 0 Å². The molecular formula is C12H23NO3. The Hall–Kier alpha value is -0.610. The van der Waals surface area contributed by atoms with E-state index in [1.807, 2.05) is 20.8 Å². The molecule has 94 valence electrons. The van der Waals surface area contributed by atoms with Crippen LogP contribution in [0.15, 0.2) is 0 Å². The van der Waals surface area contributed by atoms with Gasteiger partial charge in [0.15, 0.2) is 0 Å². The first-order valence-electron chi connectivity index (χ1n) is 5.98. The molecule has 0 atom stereocenters. The Kier molecular flexibility index (Phi) is 5.22. The van der Waals surface area contributed by atoms with E-state index < -0.39 is 0 Å². The number of hydrogen-bond acceptors (Lipinski definition) is 4. The van der Waals surface area contributed by atoms with Gasteiger partial charge < -0.3 is 14.8 Å². The lowest BCUT2D eigenvalue weighted by atomic mass is 10.2. The van der Waals surface area contributed by atoms with Crippen molar-refractivity contribution in [2.45, 2.75) is 39.2 Å². The summed E-state index contributed by atoms with van der Waals surface area (Å²) in [5, 5.41) is 3.09. The molecule has 1 aliphatic rings. The van der Waals surface area contributed by atoms with Gasteiger partial charge in [0.2, 0.25) is 0 Å². The molecule has 1 saturated carbocycles. The van der Waals surface area contributed by atoms with Crippen LogP contribution in [-0.4, -0.2) is 37.9 Å². The first-order chi connectivity index (χ1) is 7.47. The number of ether oxygens (including phenoxy) is 2. The Morgan fingerprint density at radius 1 is 1.31 bits per heavy atom. The summed E-state index contributed by atoms with van der Waals surface area (Å²) in [7, 11) is 0. The predicted octanol–water partition coefficient (Wildman–Crippen LogP) is 1.34. The van der Waals surface area contributed by atoms with Crippen molar-refractivity contribution < 1.29 is 14.3 Å². The molecule has 0 unspecified atom stereocenters. The lowest BCUT2D eigenvalue weighted by Gasteiger charge is -2.19. The zero-order valence-electron chi connectivity index (χ0n) is 10.5. The minimum atomic E-state index is -0.196. The van der Waals surface area contributed by atoms with Gasteiger partial charge in [0.05, 0.1) is 18.8 Å². The first-order valence-corrected chi connectivity index (χ1v) is 5.98. The minimum absolute atomic E-state index is 0.170. The van der Waals surface area contributed by atoms with E-state index in [4.69, 9.17) is 9.47 Å². The molecule has 0 aromatic carbocycles. The SMILES string of the molecule is CC(C)(C)OCCOC(=O)CNCC1CC1. The van der Waals surface area contributed by atoms with Crippen molar-refractivity contribution >= 4 is 5.97 Å². The second kappa shape index (κ2) is 6.21. The maximum absolute atomic E-state index is 11.2. The summed E-state index contributed by atoms with van der Waals surface area (Å²) in [6.45, 7) is 7.97. The standard InChI is InChI=1S/C12H23NO3/c1-12(2,3)16-7-6-15-11(14)9-13-8-10-4-5-10/h10,13H,4-9H2,1-3H3. The van der Waals surface area contributed by atoms with E-state index in [1.54, 1.807) is 0 Å². The molecule has 0 spiro atoms. The molecule has 0 amide bonds. The van der Waals surface area contributed by atoms with E-state index in [0.29, 0.717) is 19.8 Å². The van der Waals surface area contributed by atoms with Crippen LogP contribution < -0.4 is 5.32 Å². The van der Waals surface area contributed by atoms with Crippen LogP contribution in [0.1, 0.15) is 33.6 Å². The van der Waals surface area contributed by atoms with Crippen LogP contribution in [0.5, 0.6) is 0 Å². The van der Waals surface area contributed by atoms with Gasteiger partial charge in [0.1, 0.15) is 6.61 Å². The average Bonchev–Trinajstić information content (AvgIpc) is 2.95. The van der Waals surface area contributed by atoms with E-state index in [1.165, 1.54) is 12.8 Å². The summed E-state index contributed by atoms with van der Waals surface area (Å²) >= 11 is 0. The molecular weight excluding hydrogens is 206 g/mol. The van der Waals surface area contributed by atoms with Gasteiger partial charge >= 0.3 is 5.97 Å². The molecule has 16 heavy (non-hydrogen) atoms. The van der Waals surface area contributed by atoms with Gasteiger partial charge in [0, 0.05) is 0 Å². The molecule has 4 nitrogen and oxygen atoms in total. The van der Waals surface area contributed by atoms with Gasteiger partial charge in [-0.15, -0.1) is 0 Å². The average molecular weight is 229 g/mol. The molecule has 1 N–H and O–H groups in total. The number of carbonyl (C=O) groups excluding carboxylic acids is 1. The number of hydrogen-bond donors (Lipinski definition) is 1. The first kappa shape index (κ1) is 13.5. The van der Waals surface area contributed by atoms with E-state index in [0.717, 1.165) is 12.5 Å². The fraction of sp³-hybridized carbons (Fsp3) is 0.917. The third-order valence-electron chi connectivity index (χ3n) is 2.28. The Labute approximate surface area is 97.7 Å². The Morgan fingerprint density at radius 2 is 2.00 bits per heavy atom. The van der Waals surface area contributed by atoms with E-state index in [9.17, 15) is 4.79 Å². The molecule has 0 heterocycles. The van der Waals surface area contributed by atoms with Gasteiger partial charge in [-0.3, -0.25) is 4.79 Å². The maximum atomic E-state index is 11.2. The van der Waals surface area contributed by atoms with Crippen molar-refractivity contribution in [2.24, 2.45) is 5.92 Å². The highest BCUT2D eigenvalue weighted by Crippen LogP contribution is 2.27. The van der Waals surface area contributed by atoms with Crippen LogP contribution in [-0.2, 0) is 14.3 Å². The van der Waals surface area contributed by atoms with Gasteiger partial charge in [-0.25, -0.2) is 0 Å². The van der Waals surface area contributed by atoms with E-state index in [2.05, 4.69) is 5.32 Å². The van der Waals surface area contributed by atoms with Gasteiger partial charge in [-0.1, -0.05) is 0 Å². The number of nitrogens with one attached hydrogen (secondary N) is 1. The highest BCUT2D eigenvalue weighted by atomic mass is 16.6. The minimum Gasteiger partial charge on any atom is -0.462 e. The van der Waals surface area contributed by atoms with Crippen LogP contribution in [0.2, 0.25) is 0 Å². The van der Waals surface area contributed by atoms with Gasteiger partial charge in [-0.05, 0) is 46.1 Å². The molecule has 1 aliphatic carbocycles. The van der Waals surface area contributed by atoms with Crippen LogP contribution in [0.3, 0.4) is 0 Å². The van der Waals surface area contributed by atoms with Gasteiger partial charge in [-0.2, -0.15) is 0 Å². The zero-order valence-corrected chi connectivity index (χ0v) is 10.5. The Bertz CT molecular complexity index is 219. The van der Waals surface area contributed by atoms with Crippen molar-refractivity contribution in [3.8, 4) is 0 Å². The van der Waals surface area contributed by atoms with Crippen LogP contribution in [0.25, 0.3) is 0 Å². The van der Waals surface area contributed by atoms with Crippen LogP contribution >= 0.6 is 0 Å². The second-order valence-electron chi connectivity index (χ2n) is 5.26. The fourth-order valence-corrected chi connectivity index (χ4v) is 1.25. The molecule has 0 aromatic heterocycles. The third kappa shape index (κ3) is 7.65. The predicted molar refractivity (Wildman–Crippen MR) is 62.3 cm³/mol. The number of esters is 1. The quantitative estimate of drug-likeness (QED) is 0.529. The molecule has 1 rings (SSSR count). The molecule has 0 aliphatic heterocycles. The largest absolute Gasteiger partial charge is 0.462 e.